The number of likely N-dealkylation sites (tertiary alicyclic amines) is 1. The fourth-order valence-electron chi connectivity index (χ4n) is 4.05. The smallest absolute Gasteiger partial charge is 0.330 e. The van der Waals surface area contributed by atoms with Gasteiger partial charge < -0.3 is 25.3 Å². The number of piperidine rings is 1. The van der Waals surface area contributed by atoms with Gasteiger partial charge in [-0.15, -0.1) is 0 Å². The summed E-state index contributed by atoms with van der Waals surface area (Å²) in [6, 6.07) is 14.2. The Morgan fingerprint density at radius 2 is 1.67 bits per heavy atom. The summed E-state index contributed by atoms with van der Waals surface area (Å²) in [4.78, 5) is 42.2. The van der Waals surface area contributed by atoms with E-state index in [1.165, 1.54) is 4.57 Å². The largest absolute Gasteiger partial charge is 0.495 e. The second kappa shape index (κ2) is 9.64. The van der Waals surface area contributed by atoms with Crippen molar-refractivity contribution in [3.8, 4) is 11.4 Å². The molecule has 2 heterocycles. The number of nitrogens with zero attached hydrogens (tertiary/aromatic N) is 2. The summed E-state index contributed by atoms with van der Waals surface area (Å²) in [5, 5.41) is 5.85. The molecule has 1 aliphatic rings. The van der Waals surface area contributed by atoms with E-state index < -0.39 is 0 Å². The molecule has 9 heteroatoms. The van der Waals surface area contributed by atoms with Crippen LogP contribution in [0.4, 0.5) is 16.2 Å². The third-order valence-corrected chi connectivity index (χ3v) is 5.86. The van der Waals surface area contributed by atoms with Crippen LogP contribution in [0.3, 0.4) is 0 Å². The van der Waals surface area contributed by atoms with Gasteiger partial charge in [0.2, 0.25) is 5.91 Å². The first-order valence-corrected chi connectivity index (χ1v) is 10.8. The highest BCUT2D eigenvalue weighted by Gasteiger charge is 2.28. The van der Waals surface area contributed by atoms with E-state index in [4.69, 9.17) is 4.74 Å². The predicted octanol–water partition coefficient (Wildman–Crippen LogP) is 3.37. The second-order valence-electron chi connectivity index (χ2n) is 7.97. The first kappa shape index (κ1) is 22.2. The number of para-hydroxylation sites is 4. The van der Waals surface area contributed by atoms with Gasteiger partial charge in [0.05, 0.1) is 24.2 Å². The minimum absolute atomic E-state index is 0.0767. The SMILES string of the molecule is COc1ccccc1NC(=O)C1CCN(C(=O)Nc2ccccc2-n2c(C)c[nH]c2=O)CC1. The number of imidazole rings is 1. The number of methoxy groups -OCH3 is 1. The first-order chi connectivity index (χ1) is 16.0. The number of aromatic amines is 1. The summed E-state index contributed by atoms with van der Waals surface area (Å²) in [5.74, 6) is 0.345. The van der Waals surface area contributed by atoms with Gasteiger partial charge >= 0.3 is 11.7 Å². The van der Waals surface area contributed by atoms with Gasteiger partial charge in [-0.25, -0.2) is 9.59 Å². The maximum Gasteiger partial charge on any atom is 0.330 e. The number of hydrogen-bond donors (Lipinski definition) is 3. The van der Waals surface area contributed by atoms with Crippen LogP contribution in [-0.4, -0.2) is 46.6 Å². The van der Waals surface area contributed by atoms with E-state index in [0.29, 0.717) is 48.7 Å². The zero-order valence-electron chi connectivity index (χ0n) is 18.6. The minimum atomic E-state index is -0.268. The third kappa shape index (κ3) is 4.77. The number of anilines is 2. The molecule has 0 bridgehead atoms. The number of ether oxygens (including phenoxy) is 1. The van der Waals surface area contributed by atoms with E-state index in [1.807, 2.05) is 25.1 Å². The van der Waals surface area contributed by atoms with Crippen LogP contribution in [-0.2, 0) is 4.79 Å². The maximum absolute atomic E-state index is 12.9. The van der Waals surface area contributed by atoms with E-state index >= 15 is 0 Å². The van der Waals surface area contributed by atoms with Gasteiger partial charge in [0.1, 0.15) is 5.75 Å². The molecule has 1 saturated heterocycles. The highest BCUT2D eigenvalue weighted by atomic mass is 16.5. The molecule has 2 aromatic carbocycles. The molecule has 0 spiro atoms. The molecule has 3 amide bonds. The summed E-state index contributed by atoms with van der Waals surface area (Å²) >= 11 is 0. The number of hydrogen-bond acceptors (Lipinski definition) is 4. The molecule has 1 aromatic heterocycles. The number of carbonyl (C=O) groups excluding carboxylic acids is 2. The van der Waals surface area contributed by atoms with Gasteiger partial charge in [-0.05, 0) is 44.0 Å². The molecule has 1 aliphatic heterocycles. The van der Waals surface area contributed by atoms with Gasteiger partial charge in [-0.3, -0.25) is 9.36 Å². The zero-order valence-corrected chi connectivity index (χ0v) is 18.6. The summed E-state index contributed by atoms with van der Waals surface area (Å²) < 4.78 is 6.81. The Kier molecular flexibility index (Phi) is 6.48. The van der Waals surface area contributed by atoms with Crippen LogP contribution in [0.15, 0.2) is 59.5 Å². The van der Waals surface area contributed by atoms with Crippen molar-refractivity contribution in [3.63, 3.8) is 0 Å². The minimum Gasteiger partial charge on any atom is -0.495 e. The lowest BCUT2D eigenvalue weighted by Crippen LogP contribution is -2.43. The standard InChI is InChI=1S/C24H27N5O4/c1-16-15-25-23(31)29(16)20-9-5-3-7-18(20)27-24(32)28-13-11-17(12-14-28)22(30)26-19-8-4-6-10-21(19)33-2/h3-10,15,17H,11-14H2,1-2H3,(H,25,31)(H,26,30)(H,27,32). The average Bonchev–Trinajstić information content (AvgIpc) is 3.17. The molecule has 4 rings (SSSR count). The van der Waals surface area contributed by atoms with Crippen LogP contribution >= 0.6 is 0 Å². The molecular formula is C24H27N5O4. The topological polar surface area (TPSA) is 108 Å². The number of nitrogens with one attached hydrogen (secondary N) is 3. The molecule has 0 aliphatic carbocycles. The monoisotopic (exact) mass is 449 g/mol. The molecule has 33 heavy (non-hydrogen) atoms. The number of urea groups is 1. The fraction of sp³-hybridized carbons (Fsp3) is 0.292. The number of aryl methyl sites for hydroxylation is 1. The summed E-state index contributed by atoms with van der Waals surface area (Å²) in [6.07, 6.45) is 2.75. The van der Waals surface area contributed by atoms with Crippen LogP contribution in [0.25, 0.3) is 5.69 Å². The van der Waals surface area contributed by atoms with E-state index in [2.05, 4.69) is 15.6 Å². The van der Waals surface area contributed by atoms with Crippen LogP contribution in [0.5, 0.6) is 5.75 Å². The van der Waals surface area contributed by atoms with Crippen molar-refractivity contribution >= 4 is 23.3 Å². The van der Waals surface area contributed by atoms with Crippen molar-refractivity contribution < 1.29 is 14.3 Å². The van der Waals surface area contributed by atoms with E-state index in [9.17, 15) is 14.4 Å². The van der Waals surface area contributed by atoms with E-state index in [1.54, 1.807) is 48.5 Å². The molecule has 9 nitrogen and oxygen atoms in total. The first-order valence-electron chi connectivity index (χ1n) is 10.8. The van der Waals surface area contributed by atoms with E-state index in [0.717, 1.165) is 5.69 Å². The maximum atomic E-state index is 12.9. The average molecular weight is 450 g/mol. The highest BCUT2D eigenvalue weighted by Crippen LogP contribution is 2.26. The highest BCUT2D eigenvalue weighted by molar-refractivity contribution is 5.95. The van der Waals surface area contributed by atoms with Gasteiger partial charge in [0, 0.05) is 30.9 Å². The summed E-state index contributed by atoms with van der Waals surface area (Å²) in [7, 11) is 1.56. The quantitative estimate of drug-likeness (QED) is 0.555. The predicted molar refractivity (Wildman–Crippen MR) is 126 cm³/mol. The molecule has 3 N–H and O–H groups in total. The second-order valence-corrected chi connectivity index (χ2v) is 7.97. The zero-order chi connectivity index (χ0) is 23.4. The fourth-order valence-corrected chi connectivity index (χ4v) is 4.05. The van der Waals surface area contributed by atoms with Crippen molar-refractivity contribution in [1.82, 2.24) is 14.5 Å². The van der Waals surface area contributed by atoms with Crippen molar-refractivity contribution in [3.05, 3.63) is 70.9 Å². The van der Waals surface area contributed by atoms with Crippen molar-refractivity contribution in [2.24, 2.45) is 5.92 Å². The Bertz CT molecular complexity index is 1210. The molecule has 3 aromatic rings. The van der Waals surface area contributed by atoms with Crippen LogP contribution in [0.1, 0.15) is 18.5 Å². The van der Waals surface area contributed by atoms with Crippen LogP contribution in [0, 0.1) is 12.8 Å². The molecule has 0 radical (unpaired) electrons. The van der Waals surface area contributed by atoms with Gasteiger partial charge in [-0.1, -0.05) is 24.3 Å². The Balaban J connectivity index is 1.38. The van der Waals surface area contributed by atoms with Crippen LogP contribution < -0.4 is 21.1 Å². The Morgan fingerprint density at radius 3 is 2.33 bits per heavy atom. The molecule has 0 atom stereocenters. The molecule has 172 valence electrons. The molecule has 1 fully saturated rings. The number of amides is 3. The van der Waals surface area contributed by atoms with Gasteiger partial charge in [0.15, 0.2) is 0 Å². The molecule has 0 saturated carbocycles. The number of H-pyrrole nitrogens is 1. The van der Waals surface area contributed by atoms with Crippen LogP contribution in [0.2, 0.25) is 0 Å². The Hall–Kier alpha value is -4.01. The lowest BCUT2D eigenvalue weighted by atomic mass is 9.96. The van der Waals surface area contributed by atoms with Gasteiger partial charge in [-0.2, -0.15) is 0 Å². The number of benzene rings is 2. The van der Waals surface area contributed by atoms with Crippen molar-refractivity contribution in [2.45, 2.75) is 19.8 Å². The molecule has 0 unspecified atom stereocenters. The third-order valence-electron chi connectivity index (χ3n) is 5.86. The number of aromatic nitrogens is 2. The van der Waals surface area contributed by atoms with Crippen molar-refractivity contribution in [2.75, 3.05) is 30.8 Å². The normalized spacial score (nSPS) is 14.1. The van der Waals surface area contributed by atoms with Crippen molar-refractivity contribution in [1.29, 1.82) is 0 Å². The summed E-state index contributed by atoms with van der Waals surface area (Å²) in [6.45, 7) is 2.74. The summed E-state index contributed by atoms with van der Waals surface area (Å²) in [5.41, 5.74) is 2.25. The van der Waals surface area contributed by atoms with Gasteiger partial charge in [0.25, 0.3) is 0 Å². The Labute approximate surface area is 191 Å². The lowest BCUT2D eigenvalue weighted by molar-refractivity contribution is -0.121. The Morgan fingerprint density at radius 1 is 1.00 bits per heavy atom. The van der Waals surface area contributed by atoms with E-state index in [-0.39, 0.29) is 23.5 Å². The number of carbonyl (C=O) groups is 2. The molecular weight excluding hydrogens is 422 g/mol. The number of rotatable bonds is 5. The lowest BCUT2D eigenvalue weighted by Gasteiger charge is -2.31.